The van der Waals surface area contributed by atoms with Crippen molar-refractivity contribution in [1.29, 1.82) is 0 Å². The summed E-state index contributed by atoms with van der Waals surface area (Å²) in [5.41, 5.74) is 2.55. The second-order valence-electron chi connectivity index (χ2n) is 7.65. The highest BCUT2D eigenvalue weighted by atomic mass is 32.2. The van der Waals surface area contributed by atoms with E-state index in [9.17, 15) is 14.4 Å². The number of hydrogen-bond acceptors (Lipinski definition) is 5. The zero-order valence-corrected chi connectivity index (χ0v) is 19.5. The lowest BCUT2D eigenvalue weighted by atomic mass is 9.90. The van der Waals surface area contributed by atoms with E-state index in [4.69, 9.17) is 4.74 Å². The van der Waals surface area contributed by atoms with Crippen molar-refractivity contribution in [1.82, 2.24) is 10.2 Å². The maximum absolute atomic E-state index is 13.1. The molecule has 0 saturated carbocycles. The van der Waals surface area contributed by atoms with Gasteiger partial charge in [0, 0.05) is 13.1 Å². The van der Waals surface area contributed by atoms with Crippen LogP contribution in [0.3, 0.4) is 0 Å². The smallest absolute Gasteiger partial charge is 0.293 e. The van der Waals surface area contributed by atoms with E-state index in [1.807, 2.05) is 72.8 Å². The molecule has 0 aliphatic carbocycles. The molecule has 4 rings (SSSR count). The summed E-state index contributed by atoms with van der Waals surface area (Å²) in [4.78, 5) is 39.8. The van der Waals surface area contributed by atoms with Gasteiger partial charge in [0.05, 0.1) is 17.9 Å². The monoisotopic (exact) mass is 472 g/mol. The van der Waals surface area contributed by atoms with Gasteiger partial charge in [-0.15, -0.1) is 0 Å². The molecule has 1 aliphatic rings. The summed E-state index contributed by atoms with van der Waals surface area (Å²) in [5, 5.41) is 2.55. The van der Waals surface area contributed by atoms with Gasteiger partial charge in [-0.25, -0.2) is 0 Å². The van der Waals surface area contributed by atoms with Gasteiger partial charge < -0.3 is 10.1 Å². The van der Waals surface area contributed by atoms with Gasteiger partial charge in [0.15, 0.2) is 0 Å². The van der Waals surface area contributed by atoms with Crippen LogP contribution >= 0.6 is 11.8 Å². The van der Waals surface area contributed by atoms with Crippen molar-refractivity contribution in [2.75, 3.05) is 20.2 Å². The van der Waals surface area contributed by atoms with Gasteiger partial charge in [-0.1, -0.05) is 72.8 Å². The Bertz CT molecular complexity index is 1150. The summed E-state index contributed by atoms with van der Waals surface area (Å²) < 4.78 is 5.14. The van der Waals surface area contributed by atoms with Gasteiger partial charge in [-0.3, -0.25) is 19.3 Å². The Labute approximate surface area is 202 Å². The van der Waals surface area contributed by atoms with Crippen molar-refractivity contribution in [3.63, 3.8) is 0 Å². The Kier molecular flexibility index (Phi) is 7.44. The fourth-order valence-corrected chi connectivity index (χ4v) is 4.59. The standard InChI is InChI=1S/C27H24N2O4S/c1-33-22-14-12-19(13-15-22)18-23-26(31)29(27(32)34-23)17-16-28-25(30)24(20-8-4-2-5-9-20)21-10-6-3-7-11-21/h2-15,18,24H,16-17H2,1H3,(H,28,30). The third kappa shape index (κ3) is 5.38. The maximum atomic E-state index is 13.1. The fourth-order valence-electron chi connectivity index (χ4n) is 3.72. The molecule has 1 saturated heterocycles. The van der Waals surface area contributed by atoms with Crippen LogP contribution in [0.15, 0.2) is 89.8 Å². The van der Waals surface area contributed by atoms with Crippen LogP contribution in [-0.2, 0) is 9.59 Å². The van der Waals surface area contributed by atoms with Crippen LogP contribution in [0, 0.1) is 0 Å². The third-order valence-corrected chi connectivity index (χ3v) is 6.36. The van der Waals surface area contributed by atoms with Gasteiger partial charge in [-0.2, -0.15) is 0 Å². The van der Waals surface area contributed by atoms with Crippen LogP contribution in [0.1, 0.15) is 22.6 Å². The summed E-state index contributed by atoms with van der Waals surface area (Å²) in [5.74, 6) is -0.307. The first-order chi connectivity index (χ1) is 16.6. The average Bonchev–Trinajstić information content (AvgIpc) is 3.13. The molecule has 3 aromatic rings. The second-order valence-corrected chi connectivity index (χ2v) is 8.65. The predicted octanol–water partition coefficient (Wildman–Crippen LogP) is 4.68. The first kappa shape index (κ1) is 23.3. The van der Waals surface area contributed by atoms with E-state index in [0.717, 1.165) is 28.5 Å². The molecule has 0 aromatic heterocycles. The van der Waals surface area contributed by atoms with Gasteiger partial charge in [0.1, 0.15) is 5.75 Å². The summed E-state index contributed by atoms with van der Waals surface area (Å²) >= 11 is 0.900. The van der Waals surface area contributed by atoms with Crippen molar-refractivity contribution in [3.05, 3.63) is 107 Å². The van der Waals surface area contributed by atoms with E-state index < -0.39 is 5.92 Å². The molecular formula is C27H24N2O4S. The summed E-state index contributed by atoms with van der Waals surface area (Å²) in [6.45, 7) is 0.273. The topological polar surface area (TPSA) is 75.7 Å². The summed E-state index contributed by atoms with van der Waals surface area (Å²) in [6.07, 6.45) is 1.68. The number of nitrogens with one attached hydrogen (secondary N) is 1. The highest BCUT2D eigenvalue weighted by molar-refractivity contribution is 8.18. The van der Waals surface area contributed by atoms with E-state index in [1.54, 1.807) is 25.3 Å². The lowest BCUT2D eigenvalue weighted by Gasteiger charge is -2.19. The molecular weight excluding hydrogens is 448 g/mol. The first-order valence-electron chi connectivity index (χ1n) is 10.8. The number of thioether (sulfide) groups is 1. The Morgan fingerprint density at radius 3 is 2.09 bits per heavy atom. The molecule has 1 fully saturated rings. The second kappa shape index (κ2) is 10.9. The van der Waals surface area contributed by atoms with Gasteiger partial charge in [-0.05, 0) is 46.7 Å². The minimum atomic E-state index is -0.479. The van der Waals surface area contributed by atoms with Crippen LogP contribution in [0.4, 0.5) is 4.79 Å². The maximum Gasteiger partial charge on any atom is 0.293 e. The van der Waals surface area contributed by atoms with Crippen molar-refractivity contribution in [2.24, 2.45) is 0 Å². The van der Waals surface area contributed by atoms with Crippen LogP contribution < -0.4 is 10.1 Å². The molecule has 34 heavy (non-hydrogen) atoms. The number of benzene rings is 3. The number of hydrogen-bond donors (Lipinski definition) is 1. The molecule has 1 aliphatic heterocycles. The number of imide groups is 1. The number of ether oxygens (including phenoxy) is 1. The SMILES string of the molecule is COc1ccc(C=C2SC(=O)N(CCNC(=O)C(c3ccccc3)c3ccccc3)C2=O)cc1. The minimum absolute atomic E-state index is 0.104. The number of carbonyl (C=O) groups excluding carboxylic acids is 3. The van der Waals surface area contributed by atoms with Gasteiger partial charge in [0.2, 0.25) is 5.91 Å². The largest absolute Gasteiger partial charge is 0.497 e. The predicted molar refractivity (Wildman–Crippen MR) is 133 cm³/mol. The first-order valence-corrected chi connectivity index (χ1v) is 11.7. The van der Waals surface area contributed by atoms with Crippen molar-refractivity contribution < 1.29 is 19.1 Å². The average molecular weight is 473 g/mol. The van der Waals surface area contributed by atoms with E-state index in [0.29, 0.717) is 10.7 Å². The van der Waals surface area contributed by atoms with E-state index in [2.05, 4.69) is 5.32 Å². The van der Waals surface area contributed by atoms with Crippen LogP contribution in [0.5, 0.6) is 5.75 Å². The number of nitrogens with zero attached hydrogens (tertiary/aromatic N) is 1. The van der Waals surface area contributed by atoms with E-state index in [-0.39, 0.29) is 30.1 Å². The molecule has 0 spiro atoms. The molecule has 1 N–H and O–H groups in total. The molecule has 6 nitrogen and oxygen atoms in total. The summed E-state index contributed by atoms with van der Waals surface area (Å²) in [7, 11) is 1.58. The molecule has 3 aromatic carbocycles. The zero-order chi connectivity index (χ0) is 23.9. The highest BCUT2D eigenvalue weighted by Gasteiger charge is 2.35. The molecule has 0 radical (unpaired) electrons. The van der Waals surface area contributed by atoms with Crippen molar-refractivity contribution >= 4 is 34.9 Å². The lowest BCUT2D eigenvalue weighted by Crippen LogP contribution is -2.39. The van der Waals surface area contributed by atoms with Crippen LogP contribution in [0.25, 0.3) is 6.08 Å². The molecule has 0 atom stereocenters. The fraction of sp³-hybridized carbons (Fsp3) is 0.148. The van der Waals surface area contributed by atoms with E-state index >= 15 is 0 Å². The zero-order valence-electron chi connectivity index (χ0n) is 18.6. The molecule has 0 bridgehead atoms. The number of rotatable bonds is 8. The van der Waals surface area contributed by atoms with Crippen molar-refractivity contribution in [2.45, 2.75) is 5.92 Å². The van der Waals surface area contributed by atoms with Crippen LogP contribution in [0.2, 0.25) is 0 Å². The number of amides is 3. The Hall–Kier alpha value is -3.84. The molecule has 0 unspecified atom stereocenters. The molecule has 172 valence electrons. The molecule has 3 amide bonds. The van der Waals surface area contributed by atoms with Crippen LogP contribution in [-0.4, -0.2) is 42.2 Å². The summed E-state index contributed by atoms with van der Waals surface area (Å²) in [6, 6.07) is 26.3. The van der Waals surface area contributed by atoms with Gasteiger partial charge in [0.25, 0.3) is 11.1 Å². The number of carbonyl (C=O) groups is 3. The van der Waals surface area contributed by atoms with Gasteiger partial charge >= 0.3 is 0 Å². The normalized spacial score (nSPS) is 14.6. The highest BCUT2D eigenvalue weighted by Crippen LogP contribution is 2.32. The lowest BCUT2D eigenvalue weighted by molar-refractivity contribution is -0.124. The van der Waals surface area contributed by atoms with Crippen molar-refractivity contribution in [3.8, 4) is 5.75 Å². The Morgan fingerprint density at radius 1 is 0.941 bits per heavy atom. The minimum Gasteiger partial charge on any atom is -0.497 e. The van der Waals surface area contributed by atoms with E-state index in [1.165, 1.54) is 4.90 Å². The Morgan fingerprint density at radius 2 is 1.53 bits per heavy atom. The quantitative estimate of drug-likeness (QED) is 0.482. The molecule has 7 heteroatoms. The Balaban J connectivity index is 1.40. The molecule has 1 heterocycles. The third-order valence-electron chi connectivity index (χ3n) is 5.45. The number of methoxy groups -OCH3 is 1.